The first kappa shape index (κ1) is 13.2. The van der Waals surface area contributed by atoms with Crippen molar-refractivity contribution in [1.82, 2.24) is 15.3 Å². The van der Waals surface area contributed by atoms with Gasteiger partial charge in [-0.1, -0.05) is 13.3 Å². The highest BCUT2D eigenvalue weighted by Crippen LogP contribution is 2.31. The molecule has 3 rings (SSSR count). The molecule has 1 aliphatic heterocycles. The number of aromatic nitrogens is 2. The Morgan fingerprint density at radius 3 is 3.05 bits per heavy atom. The van der Waals surface area contributed by atoms with Crippen LogP contribution in [0, 0.1) is 0 Å². The lowest BCUT2D eigenvalue weighted by molar-refractivity contribution is 0.603. The molecule has 0 radical (unpaired) electrons. The number of fused-ring (bicyclic) bond motifs is 1. The van der Waals surface area contributed by atoms with Gasteiger partial charge >= 0.3 is 0 Å². The standard InChI is InChI=1S/C14H21N5O/c1-3-4-9-8-20-12-11(9)17-14(15)18-13(12)19-6-5-10(7-19)16-2/h8,10,16H,3-7H2,1-2H3,(H2,15,17,18)/t10-/m1/s1. The monoisotopic (exact) mass is 275 g/mol. The first-order valence-corrected chi connectivity index (χ1v) is 7.18. The highest BCUT2D eigenvalue weighted by Gasteiger charge is 2.26. The Kier molecular flexibility index (Phi) is 3.48. The molecule has 0 aromatic carbocycles. The molecule has 6 nitrogen and oxygen atoms in total. The molecule has 0 aliphatic carbocycles. The van der Waals surface area contributed by atoms with E-state index < -0.39 is 0 Å². The minimum absolute atomic E-state index is 0.319. The molecule has 0 saturated carbocycles. The SMILES string of the molecule is CCCc1coc2c(N3CC[C@@H](NC)C3)nc(N)nc12. The number of rotatable bonds is 4. The van der Waals surface area contributed by atoms with E-state index in [2.05, 4.69) is 27.1 Å². The zero-order valence-electron chi connectivity index (χ0n) is 12.0. The fourth-order valence-electron chi connectivity index (χ4n) is 2.82. The summed E-state index contributed by atoms with van der Waals surface area (Å²) in [4.78, 5) is 11.0. The molecule has 1 aliphatic rings. The topological polar surface area (TPSA) is 80.2 Å². The van der Waals surface area contributed by atoms with Crippen molar-refractivity contribution in [1.29, 1.82) is 0 Å². The molecule has 0 amide bonds. The molecule has 0 bridgehead atoms. The average Bonchev–Trinajstić information content (AvgIpc) is 3.06. The Labute approximate surface area is 118 Å². The van der Waals surface area contributed by atoms with Gasteiger partial charge in [0, 0.05) is 24.7 Å². The predicted molar refractivity (Wildman–Crippen MR) is 79.9 cm³/mol. The van der Waals surface area contributed by atoms with E-state index >= 15 is 0 Å². The number of anilines is 2. The maximum absolute atomic E-state index is 5.88. The molecule has 6 heteroatoms. The minimum atomic E-state index is 0.319. The van der Waals surface area contributed by atoms with E-state index in [1.54, 1.807) is 6.26 Å². The van der Waals surface area contributed by atoms with Gasteiger partial charge in [0.15, 0.2) is 11.4 Å². The van der Waals surface area contributed by atoms with E-state index in [0.29, 0.717) is 12.0 Å². The second kappa shape index (κ2) is 5.28. The van der Waals surface area contributed by atoms with Crippen LogP contribution < -0.4 is 16.0 Å². The van der Waals surface area contributed by atoms with Crippen LogP contribution in [0.15, 0.2) is 10.7 Å². The van der Waals surface area contributed by atoms with Crippen LogP contribution in [0.1, 0.15) is 25.3 Å². The van der Waals surface area contributed by atoms with Crippen LogP contribution in [0.5, 0.6) is 0 Å². The van der Waals surface area contributed by atoms with E-state index in [0.717, 1.165) is 54.8 Å². The number of nitrogens with one attached hydrogen (secondary N) is 1. The number of nitrogen functional groups attached to an aromatic ring is 1. The molecule has 0 spiro atoms. The summed E-state index contributed by atoms with van der Waals surface area (Å²) in [6, 6.07) is 0.492. The summed E-state index contributed by atoms with van der Waals surface area (Å²) in [6.45, 7) is 4.02. The summed E-state index contributed by atoms with van der Waals surface area (Å²) in [5.74, 6) is 1.15. The minimum Gasteiger partial charge on any atom is -0.458 e. The number of furan rings is 1. The van der Waals surface area contributed by atoms with Crippen molar-refractivity contribution in [2.24, 2.45) is 0 Å². The second-order valence-corrected chi connectivity index (χ2v) is 5.31. The first-order valence-electron chi connectivity index (χ1n) is 7.18. The Morgan fingerprint density at radius 1 is 1.50 bits per heavy atom. The molecule has 2 aromatic rings. The van der Waals surface area contributed by atoms with Crippen molar-refractivity contribution in [2.45, 2.75) is 32.2 Å². The van der Waals surface area contributed by atoms with Gasteiger partial charge in [-0.05, 0) is 19.9 Å². The summed E-state index contributed by atoms with van der Waals surface area (Å²) in [7, 11) is 1.99. The summed E-state index contributed by atoms with van der Waals surface area (Å²) in [5, 5.41) is 3.30. The number of likely N-dealkylation sites (N-methyl/N-ethyl adjacent to an activating group) is 1. The van der Waals surface area contributed by atoms with Crippen LogP contribution in [-0.2, 0) is 6.42 Å². The fraction of sp³-hybridized carbons (Fsp3) is 0.571. The highest BCUT2D eigenvalue weighted by molar-refractivity contribution is 5.87. The molecule has 2 aromatic heterocycles. The van der Waals surface area contributed by atoms with E-state index in [-0.39, 0.29) is 0 Å². The Bertz CT molecular complexity index is 609. The van der Waals surface area contributed by atoms with Crippen LogP contribution >= 0.6 is 0 Å². The van der Waals surface area contributed by atoms with Crippen molar-refractivity contribution in [3.05, 3.63) is 11.8 Å². The molecule has 1 atom stereocenters. The molecular formula is C14H21N5O. The predicted octanol–water partition coefficient (Wildman–Crippen LogP) is 1.56. The third kappa shape index (κ3) is 2.20. The van der Waals surface area contributed by atoms with Crippen LogP contribution in [-0.4, -0.2) is 36.1 Å². The maximum Gasteiger partial charge on any atom is 0.222 e. The third-order valence-corrected chi connectivity index (χ3v) is 3.90. The van der Waals surface area contributed by atoms with Crippen molar-refractivity contribution in [3.63, 3.8) is 0 Å². The van der Waals surface area contributed by atoms with Crippen molar-refractivity contribution < 1.29 is 4.42 Å². The van der Waals surface area contributed by atoms with Gasteiger partial charge in [-0.25, -0.2) is 4.98 Å². The normalized spacial score (nSPS) is 19.1. The quantitative estimate of drug-likeness (QED) is 0.881. The van der Waals surface area contributed by atoms with Gasteiger partial charge in [0.1, 0.15) is 5.52 Å². The summed E-state index contributed by atoms with van der Waals surface area (Å²) < 4.78 is 5.73. The number of hydrogen-bond donors (Lipinski definition) is 2. The van der Waals surface area contributed by atoms with Gasteiger partial charge in [-0.3, -0.25) is 0 Å². The van der Waals surface area contributed by atoms with Gasteiger partial charge < -0.3 is 20.4 Å². The van der Waals surface area contributed by atoms with Gasteiger partial charge in [0.25, 0.3) is 0 Å². The summed E-state index contributed by atoms with van der Waals surface area (Å²) in [5.41, 5.74) is 8.62. The van der Waals surface area contributed by atoms with Gasteiger partial charge in [0.2, 0.25) is 5.95 Å². The zero-order valence-corrected chi connectivity index (χ0v) is 12.0. The fourth-order valence-corrected chi connectivity index (χ4v) is 2.82. The van der Waals surface area contributed by atoms with E-state index in [1.165, 1.54) is 0 Å². The number of aryl methyl sites for hydroxylation is 1. The van der Waals surface area contributed by atoms with Crippen LogP contribution in [0.3, 0.4) is 0 Å². The van der Waals surface area contributed by atoms with Crippen molar-refractivity contribution in [3.8, 4) is 0 Å². The van der Waals surface area contributed by atoms with E-state index in [9.17, 15) is 0 Å². The summed E-state index contributed by atoms with van der Waals surface area (Å²) >= 11 is 0. The third-order valence-electron chi connectivity index (χ3n) is 3.90. The van der Waals surface area contributed by atoms with Crippen molar-refractivity contribution >= 4 is 22.9 Å². The molecule has 3 N–H and O–H groups in total. The largest absolute Gasteiger partial charge is 0.458 e. The Balaban J connectivity index is 2.02. The second-order valence-electron chi connectivity index (χ2n) is 5.31. The van der Waals surface area contributed by atoms with E-state index in [1.807, 2.05) is 7.05 Å². The van der Waals surface area contributed by atoms with Gasteiger partial charge in [0.05, 0.1) is 6.26 Å². The first-order chi connectivity index (χ1) is 9.72. The average molecular weight is 275 g/mol. The summed E-state index contributed by atoms with van der Waals surface area (Å²) in [6.07, 6.45) is 4.89. The molecule has 108 valence electrons. The van der Waals surface area contributed by atoms with Crippen LogP contribution in [0.25, 0.3) is 11.1 Å². The number of nitrogens with zero attached hydrogens (tertiary/aromatic N) is 3. The molecule has 0 unspecified atom stereocenters. The van der Waals surface area contributed by atoms with Gasteiger partial charge in [-0.2, -0.15) is 4.98 Å². The van der Waals surface area contributed by atoms with Crippen molar-refractivity contribution in [2.75, 3.05) is 30.8 Å². The lowest BCUT2D eigenvalue weighted by atomic mass is 10.2. The maximum atomic E-state index is 5.88. The molecule has 3 heterocycles. The number of nitrogens with two attached hydrogens (primary N) is 1. The smallest absolute Gasteiger partial charge is 0.222 e. The number of hydrogen-bond acceptors (Lipinski definition) is 6. The van der Waals surface area contributed by atoms with Crippen LogP contribution in [0.2, 0.25) is 0 Å². The molecular weight excluding hydrogens is 254 g/mol. The lowest BCUT2D eigenvalue weighted by Crippen LogP contribution is -2.30. The van der Waals surface area contributed by atoms with Crippen LogP contribution in [0.4, 0.5) is 11.8 Å². The molecule has 1 saturated heterocycles. The zero-order chi connectivity index (χ0) is 14.1. The molecule has 20 heavy (non-hydrogen) atoms. The molecule has 1 fully saturated rings. The van der Waals surface area contributed by atoms with E-state index in [4.69, 9.17) is 10.2 Å². The lowest BCUT2D eigenvalue weighted by Gasteiger charge is -2.17. The Hall–Kier alpha value is -1.82. The highest BCUT2D eigenvalue weighted by atomic mass is 16.3. The van der Waals surface area contributed by atoms with Gasteiger partial charge in [-0.15, -0.1) is 0 Å². The Morgan fingerprint density at radius 2 is 2.35 bits per heavy atom.